The second-order valence-electron chi connectivity index (χ2n) is 4.65. The van der Waals surface area contributed by atoms with E-state index in [0.29, 0.717) is 11.3 Å². The zero-order chi connectivity index (χ0) is 17.4. The molecule has 2 aromatic rings. The number of carbonyl (C=O) groups excluding carboxylic acids is 2. The first-order chi connectivity index (χ1) is 11.6. The minimum absolute atomic E-state index is 0.0414. The summed E-state index contributed by atoms with van der Waals surface area (Å²) in [5.74, 6) is -2.59. The lowest BCUT2D eigenvalue weighted by Gasteiger charge is -2.05. The molecular formula is C18H16N2O4. The lowest BCUT2D eigenvalue weighted by atomic mass is 10.1. The maximum absolute atomic E-state index is 12.2. The van der Waals surface area contributed by atoms with Gasteiger partial charge in [-0.1, -0.05) is 48.5 Å². The second-order valence-corrected chi connectivity index (χ2v) is 4.65. The van der Waals surface area contributed by atoms with Gasteiger partial charge in [0.25, 0.3) is 5.78 Å². The number of carbonyl (C=O) groups is 2. The van der Waals surface area contributed by atoms with E-state index in [1.165, 1.54) is 0 Å². The molecule has 1 N–H and O–H groups in total. The smallest absolute Gasteiger partial charge is 0.381 e. The number of hydrogen-bond acceptors (Lipinski definition) is 6. The first-order valence-electron chi connectivity index (χ1n) is 7.30. The molecule has 0 aromatic heterocycles. The Hall–Kier alpha value is -3.28. The molecule has 0 radical (unpaired) electrons. The van der Waals surface area contributed by atoms with Crippen LogP contribution in [0.2, 0.25) is 0 Å². The number of aliphatic hydroxyl groups is 1. The van der Waals surface area contributed by atoms with E-state index < -0.39 is 23.2 Å². The summed E-state index contributed by atoms with van der Waals surface area (Å²) in [6.45, 7) is 1.62. The molecule has 0 amide bonds. The number of nitrogens with zero attached hydrogens (tertiary/aromatic N) is 2. The van der Waals surface area contributed by atoms with Crippen LogP contribution in [-0.2, 0) is 14.3 Å². The Morgan fingerprint density at radius 2 is 1.58 bits per heavy atom. The predicted molar refractivity (Wildman–Crippen MR) is 88.6 cm³/mol. The average Bonchev–Trinajstić information content (AvgIpc) is 2.63. The van der Waals surface area contributed by atoms with E-state index >= 15 is 0 Å². The van der Waals surface area contributed by atoms with Gasteiger partial charge >= 0.3 is 5.97 Å². The minimum atomic E-state index is -1.10. The summed E-state index contributed by atoms with van der Waals surface area (Å²) in [6.07, 6.45) is 0. The molecule has 0 spiro atoms. The number of esters is 1. The number of hydrogen-bond donors (Lipinski definition) is 1. The Morgan fingerprint density at radius 3 is 2.17 bits per heavy atom. The van der Waals surface area contributed by atoms with Gasteiger partial charge in [0.15, 0.2) is 11.5 Å². The van der Waals surface area contributed by atoms with Crippen molar-refractivity contribution in [1.29, 1.82) is 0 Å². The molecule has 24 heavy (non-hydrogen) atoms. The first-order valence-corrected chi connectivity index (χ1v) is 7.30. The summed E-state index contributed by atoms with van der Waals surface area (Å²) in [5.41, 5.74) is 0.355. The van der Waals surface area contributed by atoms with E-state index in [1.807, 2.05) is 0 Å². The molecular weight excluding hydrogens is 308 g/mol. The topological polar surface area (TPSA) is 88.3 Å². The third-order valence-electron chi connectivity index (χ3n) is 2.97. The Bertz CT molecular complexity index is 768. The Labute approximate surface area is 139 Å². The number of ether oxygens (including phenoxy) is 1. The third-order valence-corrected chi connectivity index (χ3v) is 2.97. The van der Waals surface area contributed by atoms with Crippen LogP contribution in [0.15, 0.2) is 76.6 Å². The zero-order valence-electron chi connectivity index (χ0n) is 13.0. The van der Waals surface area contributed by atoms with Gasteiger partial charge in [-0.3, -0.25) is 4.79 Å². The number of ketones is 1. The van der Waals surface area contributed by atoms with Gasteiger partial charge in [0.2, 0.25) is 0 Å². The predicted octanol–water partition coefficient (Wildman–Crippen LogP) is 3.83. The Balaban J connectivity index is 2.43. The average molecular weight is 324 g/mol. The highest BCUT2D eigenvalue weighted by molar-refractivity contribution is 6.41. The van der Waals surface area contributed by atoms with Gasteiger partial charge in [0, 0.05) is 5.56 Å². The molecule has 0 saturated heterocycles. The van der Waals surface area contributed by atoms with E-state index in [-0.39, 0.29) is 6.61 Å². The van der Waals surface area contributed by atoms with Crippen LogP contribution in [0.3, 0.4) is 0 Å². The van der Waals surface area contributed by atoms with Gasteiger partial charge in [-0.15, -0.1) is 5.11 Å². The fraction of sp³-hybridized carbons (Fsp3) is 0.111. The van der Waals surface area contributed by atoms with E-state index in [2.05, 4.69) is 15.0 Å². The standard InChI is InChI=1S/C18H16N2O4/c1-2-24-18(23)17(22)15(16(21)13-9-5-3-6-10-13)20-19-14-11-7-4-8-12-14/h3-12,21H,2H2,1H3/b16-15+,20-19?. The number of azo groups is 1. The van der Waals surface area contributed by atoms with Crippen molar-refractivity contribution in [1.82, 2.24) is 0 Å². The van der Waals surface area contributed by atoms with Crippen LogP contribution in [0, 0.1) is 0 Å². The molecule has 6 nitrogen and oxygen atoms in total. The molecule has 0 bridgehead atoms. The van der Waals surface area contributed by atoms with Gasteiger partial charge in [0.05, 0.1) is 12.3 Å². The van der Waals surface area contributed by atoms with Crippen molar-refractivity contribution in [3.63, 3.8) is 0 Å². The van der Waals surface area contributed by atoms with Gasteiger partial charge in [-0.2, -0.15) is 5.11 Å². The summed E-state index contributed by atoms with van der Waals surface area (Å²) in [6, 6.07) is 17.0. The highest BCUT2D eigenvalue weighted by Gasteiger charge is 2.25. The second kappa shape index (κ2) is 8.38. The highest BCUT2D eigenvalue weighted by Crippen LogP contribution is 2.20. The highest BCUT2D eigenvalue weighted by atomic mass is 16.5. The monoisotopic (exact) mass is 324 g/mol. The summed E-state index contributed by atoms with van der Waals surface area (Å²) in [4.78, 5) is 23.9. The molecule has 0 aliphatic rings. The van der Waals surface area contributed by atoms with Crippen LogP contribution in [0.4, 0.5) is 5.69 Å². The quantitative estimate of drug-likeness (QED) is 0.287. The van der Waals surface area contributed by atoms with Crippen molar-refractivity contribution < 1.29 is 19.4 Å². The van der Waals surface area contributed by atoms with E-state index in [4.69, 9.17) is 0 Å². The molecule has 2 rings (SSSR count). The molecule has 0 heterocycles. The van der Waals surface area contributed by atoms with Crippen LogP contribution < -0.4 is 0 Å². The van der Waals surface area contributed by atoms with Crippen LogP contribution in [0.25, 0.3) is 5.76 Å². The number of benzene rings is 2. The molecule has 0 fully saturated rings. The van der Waals surface area contributed by atoms with Crippen molar-refractivity contribution in [3.05, 3.63) is 71.9 Å². The van der Waals surface area contributed by atoms with E-state index in [9.17, 15) is 14.7 Å². The fourth-order valence-corrected chi connectivity index (χ4v) is 1.83. The number of Topliss-reactive ketones (excluding diaryl/α,β-unsaturated/α-hetero) is 1. The molecule has 0 atom stereocenters. The Kier molecular flexibility index (Phi) is 5.96. The first kappa shape index (κ1) is 17.1. The molecule has 0 unspecified atom stereocenters. The molecule has 0 aliphatic heterocycles. The van der Waals surface area contributed by atoms with Crippen molar-refractivity contribution in [2.75, 3.05) is 6.61 Å². The normalized spacial score (nSPS) is 11.9. The van der Waals surface area contributed by atoms with E-state index in [1.54, 1.807) is 67.6 Å². The van der Waals surface area contributed by atoms with Crippen molar-refractivity contribution in [2.24, 2.45) is 10.2 Å². The lowest BCUT2D eigenvalue weighted by molar-refractivity contribution is -0.151. The number of rotatable bonds is 6. The van der Waals surface area contributed by atoms with Crippen LogP contribution in [-0.4, -0.2) is 23.5 Å². The van der Waals surface area contributed by atoms with E-state index in [0.717, 1.165) is 0 Å². The lowest BCUT2D eigenvalue weighted by Crippen LogP contribution is -2.19. The third kappa shape index (κ3) is 4.36. The van der Waals surface area contributed by atoms with Gasteiger partial charge < -0.3 is 9.84 Å². The largest absolute Gasteiger partial charge is 0.505 e. The van der Waals surface area contributed by atoms with Gasteiger partial charge in [-0.05, 0) is 19.1 Å². The van der Waals surface area contributed by atoms with Gasteiger partial charge in [-0.25, -0.2) is 4.79 Å². The minimum Gasteiger partial charge on any atom is -0.505 e. The summed E-state index contributed by atoms with van der Waals surface area (Å²) in [5, 5.41) is 18.0. The maximum Gasteiger partial charge on any atom is 0.381 e. The molecule has 6 heteroatoms. The van der Waals surface area contributed by atoms with Crippen LogP contribution in [0.5, 0.6) is 0 Å². The fourth-order valence-electron chi connectivity index (χ4n) is 1.83. The molecule has 2 aromatic carbocycles. The van der Waals surface area contributed by atoms with Crippen molar-refractivity contribution in [3.8, 4) is 0 Å². The SMILES string of the molecule is CCOC(=O)C(=O)/C(N=Nc1ccccc1)=C(\O)c1ccccc1. The summed E-state index contributed by atoms with van der Waals surface area (Å²) in [7, 11) is 0. The molecule has 0 aliphatic carbocycles. The maximum atomic E-state index is 12.2. The van der Waals surface area contributed by atoms with Crippen LogP contribution >= 0.6 is 0 Å². The molecule has 122 valence electrons. The van der Waals surface area contributed by atoms with Crippen molar-refractivity contribution >= 4 is 23.2 Å². The van der Waals surface area contributed by atoms with Crippen LogP contribution in [0.1, 0.15) is 12.5 Å². The summed E-state index contributed by atoms with van der Waals surface area (Å²) >= 11 is 0. The zero-order valence-corrected chi connectivity index (χ0v) is 13.0. The summed E-state index contributed by atoms with van der Waals surface area (Å²) < 4.78 is 4.69. The molecule has 0 saturated carbocycles. The van der Waals surface area contributed by atoms with Crippen molar-refractivity contribution in [2.45, 2.75) is 6.92 Å². The Morgan fingerprint density at radius 1 is 1.00 bits per heavy atom. The van der Waals surface area contributed by atoms with Gasteiger partial charge in [0.1, 0.15) is 0 Å². The number of aliphatic hydroxyl groups excluding tert-OH is 1.